The lowest BCUT2D eigenvalue weighted by molar-refractivity contribution is -0.144. The van der Waals surface area contributed by atoms with Crippen molar-refractivity contribution in [2.45, 2.75) is 18.6 Å². The molecule has 31 heavy (non-hydrogen) atoms. The van der Waals surface area contributed by atoms with Gasteiger partial charge in [0.1, 0.15) is 0 Å². The first-order valence-electron chi connectivity index (χ1n) is 9.67. The van der Waals surface area contributed by atoms with Crippen molar-refractivity contribution in [2.75, 3.05) is 7.11 Å². The second-order valence-electron chi connectivity index (χ2n) is 7.15. The van der Waals surface area contributed by atoms with E-state index in [1.807, 2.05) is 60.7 Å². The maximum absolute atomic E-state index is 13.6. The molecule has 1 aliphatic rings. The molecule has 0 aliphatic carbocycles. The molecule has 158 valence electrons. The molecular formula is C24H19BrCl2N2O2. The average Bonchev–Trinajstić information content (AvgIpc) is 3.20. The standard InChI is InChI=1S/C24H19BrCl2N2O2/c1-31-23(16-5-3-2-4-6-16)24(30)29-22(19-12-11-18(26)13-20(19)27)14-21(28-29)15-7-9-17(25)10-8-15/h2-13,22-23H,14H2,1H3/t22-,23+/m1/s1. The Morgan fingerprint density at radius 3 is 2.45 bits per heavy atom. The molecule has 3 aromatic carbocycles. The van der Waals surface area contributed by atoms with Crippen molar-refractivity contribution in [3.05, 3.63) is 104 Å². The maximum atomic E-state index is 13.6. The highest BCUT2D eigenvalue weighted by Gasteiger charge is 2.38. The van der Waals surface area contributed by atoms with E-state index >= 15 is 0 Å². The highest BCUT2D eigenvalue weighted by molar-refractivity contribution is 9.10. The van der Waals surface area contributed by atoms with Gasteiger partial charge in [0.25, 0.3) is 5.91 Å². The van der Waals surface area contributed by atoms with Crippen molar-refractivity contribution in [3.63, 3.8) is 0 Å². The molecule has 4 rings (SSSR count). The van der Waals surface area contributed by atoms with Gasteiger partial charge in [0.05, 0.1) is 11.8 Å². The Kier molecular flexibility index (Phi) is 6.77. The molecule has 0 fully saturated rings. The first-order valence-corrected chi connectivity index (χ1v) is 11.2. The molecule has 1 amide bonds. The first kappa shape index (κ1) is 22.0. The predicted octanol–water partition coefficient (Wildman–Crippen LogP) is 6.82. The summed E-state index contributed by atoms with van der Waals surface area (Å²) in [6.07, 6.45) is -0.247. The van der Waals surface area contributed by atoms with Crippen LogP contribution in [0.4, 0.5) is 0 Å². The van der Waals surface area contributed by atoms with E-state index in [1.54, 1.807) is 12.1 Å². The van der Waals surface area contributed by atoms with Gasteiger partial charge < -0.3 is 4.74 Å². The molecular weight excluding hydrogens is 499 g/mol. The van der Waals surface area contributed by atoms with Crippen molar-refractivity contribution < 1.29 is 9.53 Å². The molecule has 1 aliphatic heterocycles. The van der Waals surface area contributed by atoms with E-state index in [1.165, 1.54) is 12.1 Å². The Morgan fingerprint density at radius 1 is 1.10 bits per heavy atom. The topological polar surface area (TPSA) is 41.9 Å². The molecule has 2 atom stereocenters. The van der Waals surface area contributed by atoms with Crippen LogP contribution in [0.3, 0.4) is 0 Å². The largest absolute Gasteiger partial charge is 0.367 e. The Balaban J connectivity index is 1.75. The Labute approximate surface area is 199 Å². The SMILES string of the molecule is CO[C@H](C(=O)N1N=C(c2ccc(Br)cc2)C[C@@H]1c1ccc(Cl)cc1Cl)c1ccccc1. The minimum atomic E-state index is -0.775. The summed E-state index contributed by atoms with van der Waals surface area (Å²) < 4.78 is 6.56. The molecule has 0 bridgehead atoms. The van der Waals surface area contributed by atoms with E-state index in [0.29, 0.717) is 16.5 Å². The minimum Gasteiger partial charge on any atom is -0.367 e. The van der Waals surface area contributed by atoms with Crippen LogP contribution in [0.5, 0.6) is 0 Å². The summed E-state index contributed by atoms with van der Waals surface area (Å²) in [5.41, 5.74) is 3.31. The van der Waals surface area contributed by atoms with Crippen LogP contribution in [-0.4, -0.2) is 23.7 Å². The number of carbonyl (C=O) groups is 1. The zero-order chi connectivity index (χ0) is 22.0. The normalized spacial score (nSPS) is 16.8. The van der Waals surface area contributed by atoms with Gasteiger partial charge in [-0.1, -0.05) is 87.7 Å². The van der Waals surface area contributed by atoms with Crippen LogP contribution in [0.25, 0.3) is 0 Å². The van der Waals surface area contributed by atoms with E-state index in [2.05, 4.69) is 15.9 Å². The number of rotatable bonds is 5. The lowest BCUT2D eigenvalue weighted by Gasteiger charge is -2.26. The first-order chi connectivity index (χ1) is 15.0. The average molecular weight is 518 g/mol. The number of halogens is 3. The van der Waals surface area contributed by atoms with Gasteiger partial charge in [-0.2, -0.15) is 5.10 Å². The number of hydrazone groups is 1. The quantitative estimate of drug-likeness (QED) is 0.372. The van der Waals surface area contributed by atoms with Crippen LogP contribution in [0.15, 0.2) is 82.4 Å². The second-order valence-corrected chi connectivity index (χ2v) is 8.91. The number of benzene rings is 3. The number of methoxy groups -OCH3 is 1. The van der Waals surface area contributed by atoms with Crippen molar-refractivity contribution in [1.82, 2.24) is 5.01 Å². The summed E-state index contributed by atoms with van der Waals surface area (Å²) in [6, 6.07) is 22.2. The van der Waals surface area contributed by atoms with Crippen LogP contribution in [0, 0.1) is 0 Å². The van der Waals surface area contributed by atoms with Crippen molar-refractivity contribution in [2.24, 2.45) is 5.10 Å². The number of nitrogens with zero attached hydrogens (tertiary/aromatic N) is 2. The van der Waals surface area contributed by atoms with Gasteiger partial charge in [0.15, 0.2) is 6.10 Å². The zero-order valence-electron chi connectivity index (χ0n) is 16.6. The fourth-order valence-electron chi connectivity index (χ4n) is 3.67. The Morgan fingerprint density at radius 2 is 1.81 bits per heavy atom. The van der Waals surface area contributed by atoms with E-state index in [0.717, 1.165) is 26.9 Å². The van der Waals surface area contributed by atoms with Crippen LogP contribution in [0.1, 0.15) is 35.3 Å². The summed E-state index contributed by atoms with van der Waals surface area (Å²) in [5.74, 6) is -0.253. The van der Waals surface area contributed by atoms with Gasteiger partial charge in [-0.3, -0.25) is 4.79 Å². The molecule has 0 spiro atoms. The lowest BCUT2D eigenvalue weighted by Crippen LogP contribution is -2.32. The van der Waals surface area contributed by atoms with Gasteiger partial charge >= 0.3 is 0 Å². The van der Waals surface area contributed by atoms with Crippen molar-refractivity contribution in [1.29, 1.82) is 0 Å². The summed E-state index contributed by atoms with van der Waals surface area (Å²) in [7, 11) is 1.52. The number of carbonyl (C=O) groups excluding carboxylic acids is 1. The molecule has 3 aromatic rings. The highest BCUT2D eigenvalue weighted by Crippen LogP contribution is 2.39. The minimum absolute atomic E-state index is 0.253. The third-order valence-corrected chi connectivity index (χ3v) is 6.29. The van der Waals surface area contributed by atoms with Gasteiger partial charge in [-0.05, 0) is 41.0 Å². The molecule has 0 unspecified atom stereocenters. The number of hydrogen-bond acceptors (Lipinski definition) is 3. The number of amides is 1. The fraction of sp³-hybridized carbons (Fsp3) is 0.167. The lowest BCUT2D eigenvalue weighted by atomic mass is 9.98. The molecule has 7 heteroatoms. The van der Waals surface area contributed by atoms with Gasteiger partial charge in [-0.15, -0.1) is 0 Å². The molecule has 4 nitrogen and oxygen atoms in total. The molecule has 0 aromatic heterocycles. The maximum Gasteiger partial charge on any atom is 0.276 e. The van der Waals surface area contributed by atoms with E-state index in [4.69, 9.17) is 33.0 Å². The molecule has 0 N–H and O–H groups in total. The summed E-state index contributed by atoms with van der Waals surface area (Å²) >= 11 is 16.1. The summed E-state index contributed by atoms with van der Waals surface area (Å²) in [6.45, 7) is 0. The molecule has 0 saturated heterocycles. The summed E-state index contributed by atoms with van der Waals surface area (Å²) in [5, 5.41) is 7.25. The smallest absolute Gasteiger partial charge is 0.276 e. The van der Waals surface area contributed by atoms with Crippen LogP contribution in [0.2, 0.25) is 10.0 Å². The molecule has 1 heterocycles. The van der Waals surface area contributed by atoms with Crippen LogP contribution < -0.4 is 0 Å². The highest BCUT2D eigenvalue weighted by atomic mass is 79.9. The Bertz CT molecular complexity index is 1120. The third-order valence-electron chi connectivity index (χ3n) is 5.20. The van der Waals surface area contributed by atoms with Crippen LogP contribution in [-0.2, 0) is 9.53 Å². The van der Waals surface area contributed by atoms with Crippen molar-refractivity contribution in [3.8, 4) is 0 Å². The fourth-order valence-corrected chi connectivity index (χ4v) is 4.47. The molecule has 0 radical (unpaired) electrons. The zero-order valence-corrected chi connectivity index (χ0v) is 19.7. The monoisotopic (exact) mass is 516 g/mol. The van der Waals surface area contributed by atoms with E-state index in [-0.39, 0.29) is 11.9 Å². The number of ether oxygens (including phenoxy) is 1. The number of hydrogen-bond donors (Lipinski definition) is 0. The van der Waals surface area contributed by atoms with Gasteiger partial charge in [0, 0.05) is 28.0 Å². The van der Waals surface area contributed by atoms with E-state index in [9.17, 15) is 4.79 Å². The van der Waals surface area contributed by atoms with E-state index < -0.39 is 6.10 Å². The third kappa shape index (κ3) is 4.70. The molecule has 0 saturated carbocycles. The van der Waals surface area contributed by atoms with Gasteiger partial charge in [-0.25, -0.2) is 5.01 Å². The summed E-state index contributed by atoms with van der Waals surface area (Å²) in [4.78, 5) is 13.6. The second kappa shape index (κ2) is 9.53. The predicted molar refractivity (Wildman–Crippen MR) is 128 cm³/mol. The van der Waals surface area contributed by atoms with Gasteiger partial charge in [0.2, 0.25) is 0 Å². The van der Waals surface area contributed by atoms with Crippen molar-refractivity contribution >= 4 is 50.8 Å². The van der Waals surface area contributed by atoms with Crippen LogP contribution >= 0.6 is 39.1 Å². The Hall–Kier alpha value is -2.18.